The van der Waals surface area contributed by atoms with Gasteiger partial charge in [-0.05, 0) is 36.7 Å². The summed E-state index contributed by atoms with van der Waals surface area (Å²) in [6.07, 6.45) is 4.81. The number of hydrogen-bond donors (Lipinski definition) is 2. The van der Waals surface area contributed by atoms with Gasteiger partial charge in [-0.1, -0.05) is 50.6 Å². The van der Waals surface area contributed by atoms with Crippen LogP contribution >= 0.6 is 0 Å². The van der Waals surface area contributed by atoms with E-state index in [4.69, 9.17) is 0 Å². The fourth-order valence-corrected chi connectivity index (χ4v) is 3.14. The predicted octanol–water partition coefficient (Wildman–Crippen LogP) is 3.00. The third-order valence-electron chi connectivity index (χ3n) is 4.45. The molecule has 0 aromatic heterocycles. The summed E-state index contributed by atoms with van der Waals surface area (Å²) in [7, 11) is 0. The quantitative estimate of drug-likeness (QED) is 0.854. The lowest BCUT2D eigenvalue weighted by atomic mass is 9.79. The fourth-order valence-electron chi connectivity index (χ4n) is 3.14. The number of nitrogens with one attached hydrogen (secondary N) is 1. The molecule has 106 valence electrons. The van der Waals surface area contributed by atoms with Gasteiger partial charge in [0.1, 0.15) is 0 Å². The summed E-state index contributed by atoms with van der Waals surface area (Å²) in [5.74, 6) is 1.53. The maximum atomic E-state index is 9.61. The fraction of sp³-hybridized carbons (Fsp3) is 0.647. The Morgan fingerprint density at radius 1 is 1.21 bits per heavy atom. The molecule has 1 aliphatic carbocycles. The van der Waals surface area contributed by atoms with Crippen LogP contribution in [0.2, 0.25) is 0 Å². The van der Waals surface area contributed by atoms with E-state index in [-0.39, 0.29) is 12.6 Å². The summed E-state index contributed by atoms with van der Waals surface area (Å²) in [5, 5.41) is 13.3. The van der Waals surface area contributed by atoms with Crippen LogP contribution in [0, 0.1) is 11.8 Å². The first-order valence-corrected chi connectivity index (χ1v) is 7.60. The highest BCUT2D eigenvalue weighted by molar-refractivity contribution is 5.16. The minimum Gasteiger partial charge on any atom is -0.395 e. The molecule has 1 aliphatic rings. The normalized spacial score (nSPS) is 29.1. The zero-order valence-electron chi connectivity index (χ0n) is 12.2. The summed E-state index contributed by atoms with van der Waals surface area (Å²) in [6.45, 7) is 4.89. The van der Waals surface area contributed by atoms with Gasteiger partial charge in [0.05, 0.1) is 6.61 Å². The molecule has 0 heterocycles. The van der Waals surface area contributed by atoms with Gasteiger partial charge in [0.25, 0.3) is 0 Å². The van der Waals surface area contributed by atoms with Crippen molar-refractivity contribution in [3.8, 4) is 0 Å². The maximum Gasteiger partial charge on any atom is 0.0587 e. The molecule has 0 radical (unpaired) electrons. The van der Waals surface area contributed by atoms with Gasteiger partial charge in [-0.3, -0.25) is 0 Å². The van der Waals surface area contributed by atoms with E-state index < -0.39 is 0 Å². The van der Waals surface area contributed by atoms with Crippen molar-refractivity contribution in [2.75, 3.05) is 6.61 Å². The molecule has 0 spiro atoms. The molecule has 4 atom stereocenters. The van der Waals surface area contributed by atoms with Crippen molar-refractivity contribution in [3.05, 3.63) is 35.9 Å². The van der Waals surface area contributed by atoms with Crippen LogP contribution in [0.25, 0.3) is 0 Å². The Hall–Kier alpha value is -0.860. The largest absolute Gasteiger partial charge is 0.395 e. The van der Waals surface area contributed by atoms with Gasteiger partial charge in [-0.25, -0.2) is 0 Å². The number of rotatable bonds is 5. The average molecular weight is 261 g/mol. The number of aliphatic hydroxyl groups is 1. The minimum absolute atomic E-state index is 0.181. The summed E-state index contributed by atoms with van der Waals surface area (Å²) in [5.41, 5.74) is 1.30. The monoisotopic (exact) mass is 261 g/mol. The minimum atomic E-state index is 0.181. The summed E-state index contributed by atoms with van der Waals surface area (Å²) < 4.78 is 0. The zero-order chi connectivity index (χ0) is 13.7. The molecule has 1 aromatic carbocycles. The van der Waals surface area contributed by atoms with Crippen molar-refractivity contribution in [2.45, 2.75) is 51.6 Å². The topological polar surface area (TPSA) is 32.3 Å². The number of benzene rings is 1. The van der Waals surface area contributed by atoms with Gasteiger partial charge in [0.15, 0.2) is 0 Å². The summed E-state index contributed by atoms with van der Waals surface area (Å²) >= 11 is 0. The van der Waals surface area contributed by atoms with Crippen LogP contribution in [0.3, 0.4) is 0 Å². The van der Waals surface area contributed by atoms with E-state index in [1.807, 2.05) is 6.07 Å². The second-order valence-electron chi connectivity index (χ2n) is 6.24. The molecule has 1 fully saturated rings. The predicted molar refractivity (Wildman–Crippen MR) is 80.1 cm³/mol. The Morgan fingerprint density at radius 2 is 1.95 bits per heavy atom. The molecule has 19 heavy (non-hydrogen) atoms. The van der Waals surface area contributed by atoms with Gasteiger partial charge in [-0.15, -0.1) is 0 Å². The maximum absolute atomic E-state index is 9.61. The van der Waals surface area contributed by atoms with Crippen molar-refractivity contribution in [1.82, 2.24) is 5.32 Å². The van der Waals surface area contributed by atoms with Crippen LogP contribution in [0.15, 0.2) is 30.3 Å². The van der Waals surface area contributed by atoms with E-state index in [1.54, 1.807) is 0 Å². The Bertz CT molecular complexity index is 365. The molecule has 4 unspecified atom stereocenters. The second kappa shape index (κ2) is 7.06. The zero-order valence-corrected chi connectivity index (χ0v) is 12.2. The summed E-state index contributed by atoms with van der Waals surface area (Å²) in [4.78, 5) is 0. The molecule has 0 aliphatic heterocycles. The van der Waals surface area contributed by atoms with Crippen LogP contribution in [-0.2, 0) is 6.42 Å². The number of hydrogen-bond acceptors (Lipinski definition) is 2. The molecular formula is C17H27NO. The lowest BCUT2D eigenvalue weighted by Gasteiger charge is -2.36. The SMILES string of the molecule is CC1CCC(C)C(NC(CO)Cc2ccccc2)C1. The lowest BCUT2D eigenvalue weighted by molar-refractivity contribution is 0.175. The van der Waals surface area contributed by atoms with E-state index in [0.717, 1.165) is 18.3 Å². The van der Waals surface area contributed by atoms with Crippen LogP contribution in [0.4, 0.5) is 0 Å². The van der Waals surface area contributed by atoms with Crippen molar-refractivity contribution < 1.29 is 5.11 Å². The van der Waals surface area contributed by atoms with E-state index in [1.165, 1.54) is 24.8 Å². The van der Waals surface area contributed by atoms with Crippen LogP contribution in [0.1, 0.15) is 38.7 Å². The third kappa shape index (κ3) is 4.32. The lowest BCUT2D eigenvalue weighted by Crippen LogP contribution is -2.47. The molecule has 2 nitrogen and oxygen atoms in total. The van der Waals surface area contributed by atoms with E-state index in [9.17, 15) is 5.11 Å². The van der Waals surface area contributed by atoms with Gasteiger partial charge in [0.2, 0.25) is 0 Å². The average Bonchev–Trinajstić information content (AvgIpc) is 2.43. The van der Waals surface area contributed by atoms with Gasteiger partial charge >= 0.3 is 0 Å². The Labute approximate surface area is 117 Å². The second-order valence-corrected chi connectivity index (χ2v) is 6.24. The molecule has 0 amide bonds. The van der Waals surface area contributed by atoms with E-state index in [0.29, 0.717) is 6.04 Å². The molecule has 1 saturated carbocycles. The van der Waals surface area contributed by atoms with Crippen molar-refractivity contribution in [2.24, 2.45) is 11.8 Å². The van der Waals surface area contributed by atoms with Crippen LogP contribution in [-0.4, -0.2) is 23.8 Å². The molecule has 1 aromatic rings. The Morgan fingerprint density at radius 3 is 2.63 bits per heavy atom. The smallest absolute Gasteiger partial charge is 0.0587 e. The number of aliphatic hydroxyl groups excluding tert-OH is 1. The molecule has 0 saturated heterocycles. The van der Waals surface area contributed by atoms with E-state index >= 15 is 0 Å². The first-order valence-electron chi connectivity index (χ1n) is 7.60. The molecule has 2 rings (SSSR count). The summed E-state index contributed by atoms with van der Waals surface area (Å²) in [6, 6.07) is 11.2. The van der Waals surface area contributed by atoms with Crippen LogP contribution in [0.5, 0.6) is 0 Å². The Kier molecular flexibility index (Phi) is 5.41. The van der Waals surface area contributed by atoms with Crippen LogP contribution < -0.4 is 5.32 Å². The van der Waals surface area contributed by atoms with Crippen molar-refractivity contribution >= 4 is 0 Å². The highest BCUT2D eigenvalue weighted by Crippen LogP contribution is 2.28. The highest BCUT2D eigenvalue weighted by Gasteiger charge is 2.27. The highest BCUT2D eigenvalue weighted by atomic mass is 16.3. The van der Waals surface area contributed by atoms with Gasteiger partial charge in [0, 0.05) is 12.1 Å². The van der Waals surface area contributed by atoms with Crippen molar-refractivity contribution in [1.29, 1.82) is 0 Å². The third-order valence-corrected chi connectivity index (χ3v) is 4.45. The van der Waals surface area contributed by atoms with Gasteiger partial charge < -0.3 is 10.4 Å². The first kappa shape index (κ1) is 14.5. The molecule has 0 bridgehead atoms. The molecular weight excluding hydrogens is 234 g/mol. The standard InChI is InChI=1S/C17H27NO/c1-13-8-9-14(2)17(10-13)18-16(12-19)11-15-6-4-3-5-7-15/h3-7,13-14,16-19H,8-12H2,1-2H3. The van der Waals surface area contributed by atoms with Gasteiger partial charge in [-0.2, -0.15) is 0 Å². The Balaban J connectivity index is 1.91. The van der Waals surface area contributed by atoms with E-state index in [2.05, 4.69) is 43.4 Å². The first-order chi connectivity index (χ1) is 9.19. The molecule has 2 N–H and O–H groups in total. The van der Waals surface area contributed by atoms with Crippen molar-refractivity contribution in [3.63, 3.8) is 0 Å². The molecule has 2 heteroatoms.